The molecule has 3 amide bonds. The number of hydrogen-bond donors (Lipinski definition) is 2. The van der Waals surface area contributed by atoms with Crippen LogP contribution < -0.4 is 10.2 Å². The van der Waals surface area contributed by atoms with Gasteiger partial charge in [0.15, 0.2) is 0 Å². The van der Waals surface area contributed by atoms with Crippen LogP contribution in [-0.2, 0) is 20.1 Å². The van der Waals surface area contributed by atoms with Gasteiger partial charge in [0.25, 0.3) is 5.91 Å². The normalized spacial score (nSPS) is 15.6. The molecule has 0 spiro atoms. The monoisotopic (exact) mass is 534 g/mol. The minimum atomic E-state index is -0.192. The number of nitrogens with zero attached hydrogens (tertiary/aromatic N) is 4. The first-order valence-corrected chi connectivity index (χ1v) is 12.2. The smallest absolute Gasteiger partial charge is 0.325 e. The zero-order valence-electron chi connectivity index (χ0n) is 20.1. The lowest BCUT2D eigenvalue weighted by Crippen LogP contribution is -2.47. The number of nitrogens with one attached hydrogen (secondary N) is 2. The second kappa shape index (κ2) is 8.88. The van der Waals surface area contributed by atoms with Crippen LogP contribution in [0.3, 0.4) is 0 Å². The molecule has 1 aliphatic rings. The molecule has 3 heterocycles. The van der Waals surface area contributed by atoms with Crippen molar-refractivity contribution >= 4 is 44.5 Å². The number of fused-ring (bicyclic) bond motifs is 2. The number of halogens is 1. The predicted octanol–water partition coefficient (Wildman–Crippen LogP) is 5.04. The van der Waals surface area contributed by atoms with E-state index in [-0.39, 0.29) is 18.0 Å². The SMILES string of the molecule is Cc1nn(C)c(CN2C(=O)N(C)[C@@H](C)c3ccc(C(=O)NCc4cc5ccccc5[nH]4)cc32)c1Br. The first-order valence-electron chi connectivity index (χ1n) is 11.5. The molecule has 0 saturated heterocycles. The molecule has 0 aliphatic carbocycles. The molecular weight excluding hydrogens is 508 g/mol. The van der Waals surface area contributed by atoms with Crippen LogP contribution in [0.25, 0.3) is 10.9 Å². The van der Waals surface area contributed by atoms with E-state index in [0.717, 1.165) is 43.7 Å². The van der Waals surface area contributed by atoms with Gasteiger partial charge < -0.3 is 15.2 Å². The number of carbonyl (C=O) groups is 2. The number of aryl methyl sites for hydroxylation is 2. The summed E-state index contributed by atoms with van der Waals surface area (Å²) in [7, 11) is 3.66. The highest BCUT2D eigenvalue weighted by Crippen LogP contribution is 2.38. The molecule has 9 heteroatoms. The summed E-state index contributed by atoms with van der Waals surface area (Å²) in [6, 6.07) is 15.4. The molecular formula is C26H27BrN6O2. The van der Waals surface area contributed by atoms with Gasteiger partial charge >= 0.3 is 6.03 Å². The van der Waals surface area contributed by atoms with Crippen LogP contribution in [0, 0.1) is 6.92 Å². The number of aromatic nitrogens is 3. The summed E-state index contributed by atoms with van der Waals surface area (Å²) >= 11 is 3.61. The molecule has 0 fully saturated rings. The fourth-order valence-corrected chi connectivity index (χ4v) is 5.06. The van der Waals surface area contributed by atoms with Crippen LogP contribution in [0.4, 0.5) is 10.5 Å². The second-order valence-electron chi connectivity index (χ2n) is 8.96. The van der Waals surface area contributed by atoms with Crippen LogP contribution >= 0.6 is 15.9 Å². The Kier molecular flexibility index (Phi) is 5.88. The number of para-hydroxylation sites is 1. The van der Waals surface area contributed by atoms with Crippen molar-refractivity contribution in [2.75, 3.05) is 11.9 Å². The van der Waals surface area contributed by atoms with Gasteiger partial charge in [-0.2, -0.15) is 5.10 Å². The summed E-state index contributed by atoms with van der Waals surface area (Å²) < 4.78 is 2.66. The number of H-pyrrole nitrogens is 1. The highest BCUT2D eigenvalue weighted by molar-refractivity contribution is 9.10. The van der Waals surface area contributed by atoms with E-state index in [1.165, 1.54) is 0 Å². The van der Waals surface area contributed by atoms with Crippen molar-refractivity contribution < 1.29 is 9.59 Å². The van der Waals surface area contributed by atoms with E-state index in [0.29, 0.717) is 18.7 Å². The molecule has 1 atom stereocenters. The zero-order valence-corrected chi connectivity index (χ0v) is 21.7. The Morgan fingerprint density at radius 3 is 2.66 bits per heavy atom. The second-order valence-corrected chi connectivity index (χ2v) is 9.76. The quantitative estimate of drug-likeness (QED) is 0.376. The number of aromatic amines is 1. The van der Waals surface area contributed by atoms with Crippen molar-refractivity contribution in [3.05, 3.63) is 81.2 Å². The van der Waals surface area contributed by atoms with Gasteiger partial charge in [0.1, 0.15) is 0 Å². The van der Waals surface area contributed by atoms with Crippen molar-refractivity contribution in [2.24, 2.45) is 7.05 Å². The van der Waals surface area contributed by atoms with E-state index in [1.54, 1.807) is 21.5 Å². The van der Waals surface area contributed by atoms with Gasteiger partial charge in [-0.25, -0.2) is 4.79 Å². The molecule has 4 aromatic rings. The molecule has 35 heavy (non-hydrogen) atoms. The first-order chi connectivity index (χ1) is 16.7. The summed E-state index contributed by atoms with van der Waals surface area (Å²) in [5.74, 6) is -0.192. The molecule has 180 valence electrons. The number of urea groups is 1. The third-order valence-corrected chi connectivity index (χ3v) is 7.77. The van der Waals surface area contributed by atoms with Gasteiger partial charge in [0, 0.05) is 30.9 Å². The molecule has 5 rings (SSSR count). The summed E-state index contributed by atoms with van der Waals surface area (Å²) in [6.07, 6.45) is 0. The zero-order chi connectivity index (χ0) is 24.9. The van der Waals surface area contributed by atoms with Crippen molar-refractivity contribution in [2.45, 2.75) is 33.0 Å². The van der Waals surface area contributed by atoms with Crippen LogP contribution in [0.1, 0.15) is 46.0 Å². The number of hydrogen-bond acceptors (Lipinski definition) is 3. The summed E-state index contributed by atoms with van der Waals surface area (Å²) in [5.41, 5.74) is 5.96. The highest BCUT2D eigenvalue weighted by atomic mass is 79.9. The fourth-order valence-electron chi connectivity index (χ4n) is 4.60. The third-order valence-electron chi connectivity index (χ3n) is 6.74. The topological polar surface area (TPSA) is 86.3 Å². The Morgan fingerprint density at radius 2 is 1.94 bits per heavy atom. The van der Waals surface area contributed by atoms with Crippen LogP contribution in [0.15, 0.2) is 53.0 Å². The number of benzene rings is 2. The number of anilines is 1. The standard InChI is InChI=1S/C26H27BrN6O2/c1-15-24(27)23(32(4)30-15)14-33-22-12-18(9-10-20(22)16(2)31(3)26(33)35)25(34)28-13-19-11-17-7-5-6-8-21(17)29-19/h5-12,16,29H,13-14H2,1-4H3,(H,28,34)/t16-/m0/s1. The van der Waals surface area contributed by atoms with E-state index in [4.69, 9.17) is 0 Å². The van der Waals surface area contributed by atoms with Crippen LogP contribution in [0.2, 0.25) is 0 Å². The maximum absolute atomic E-state index is 13.3. The van der Waals surface area contributed by atoms with E-state index in [1.807, 2.05) is 69.4 Å². The molecule has 2 aromatic heterocycles. The molecule has 0 unspecified atom stereocenters. The maximum Gasteiger partial charge on any atom is 0.325 e. The van der Waals surface area contributed by atoms with E-state index >= 15 is 0 Å². The Bertz CT molecular complexity index is 1420. The summed E-state index contributed by atoms with van der Waals surface area (Å²) in [4.78, 5) is 33.1. The third kappa shape index (κ3) is 4.10. The Morgan fingerprint density at radius 1 is 1.17 bits per heavy atom. The minimum absolute atomic E-state index is 0.103. The molecule has 2 aromatic carbocycles. The van der Waals surface area contributed by atoms with Crippen LogP contribution in [-0.4, -0.2) is 38.7 Å². The van der Waals surface area contributed by atoms with Crippen molar-refractivity contribution in [1.29, 1.82) is 0 Å². The lowest BCUT2D eigenvalue weighted by molar-refractivity contribution is 0.0950. The lowest BCUT2D eigenvalue weighted by atomic mass is 9.98. The van der Waals surface area contributed by atoms with Gasteiger partial charge in [0.05, 0.1) is 40.7 Å². The minimum Gasteiger partial charge on any atom is -0.357 e. The molecule has 1 aliphatic heterocycles. The van der Waals surface area contributed by atoms with Crippen molar-refractivity contribution in [3.63, 3.8) is 0 Å². The van der Waals surface area contributed by atoms with Gasteiger partial charge in [-0.1, -0.05) is 24.3 Å². The molecule has 2 N–H and O–H groups in total. The number of carbonyl (C=O) groups excluding carboxylic acids is 2. The van der Waals surface area contributed by atoms with Crippen molar-refractivity contribution in [3.8, 4) is 0 Å². The van der Waals surface area contributed by atoms with Gasteiger partial charge in [0.2, 0.25) is 0 Å². The maximum atomic E-state index is 13.3. The molecule has 0 bridgehead atoms. The summed E-state index contributed by atoms with van der Waals surface area (Å²) in [6.45, 7) is 4.63. The highest BCUT2D eigenvalue weighted by Gasteiger charge is 2.34. The van der Waals surface area contributed by atoms with Gasteiger partial charge in [-0.05, 0) is 65.0 Å². The fraction of sp³-hybridized carbons (Fsp3) is 0.269. The first kappa shape index (κ1) is 23.2. The van der Waals surface area contributed by atoms with Gasteiger partial charge in [-0.3, -0.25) is 14.4 Å². The summed E-state index contributed by atoms with van der Waals surface area (Å²) in [5, 5.41) is 8.56. The average Bonchev–Trinajstić information content (AvgIpc) is 3.38. The molecule has 0 radical (unpaired) electrons. The lowest BCUT2D eigenvalue weighted by Gasteiger charge is -2.39. The Balaban J connectivity index is 1.43. The van der Waals surface area contributed by atoms with Crippen LogP contribution in [0.5, 0.6) is 0 Å². The average molecular weight is 535 g/mol. The largest absolute Gasteiger partial charge is 0.357 e. The van der Waals surface area contributed by atoms with Gasteiger partial charge in [-0.15, -0.1) is 0 Å². The van der Waals surface area contributed by atoms with Crippen molar-refractivity contribution in [1.82, 2.24) is 25.0 Å². The Labute approximate surface area is 212 Å². The molecule has 0 saturated carbocycles. The predicted molar refractivity (Wildman–Crippen MR) is 139 cm³/mol. The molecule has 8 nitrogen and oxygen atoms in total. The van der Waals surface area contributed by atoms with E-state index in [2.05, 4.69) is 31.3 Å². The number of rotatable bonds is 5. The van der Waals surface area contributed by atoms with E-state index < -0.39 is 0 Å². The number of amides is 3. The van der Waals surface area contributed by atoms with E-state index in [9.17, 15) is 9.59 Å². The Hall–Kier alpha value is -3.59.